The molecule has 0 spiro atoms. The standard InChI is InChI=1S/C20H20F2N2O7/c1-4-12-7-5-6-11(2)18(12)23-17(25)10-30-19(26)13-8-15(29-3)16(31-20(21)22)9-14(13)24(27)28/h5-9,20H,4,10H2,1-3H3,(H,23,25). The number of nitrogens with one attached hydrogen (secondary N) is 1. The predicted octanol–water partition coefficient (Wildman–Crippen LogP) is 3.87. The Hall–Kier alpha value is -3.76. The van der Waals surface area contributed by atoms with E-state index in [9.17, 15) is 28.5 Å². The van der Waals surface area contributed by atoms with Gasteiger partial charge in [0.1, 0.15) is 5.56 Å². The average molecular weight is 438 g/mol. The lowest BCUT2D eigenvalue weighted by atomic mass is 10.1. The smallest absolute Gasteiger partial charge is 0.387 e. The molecular weight excluding hydrogens is 418 g/mol. The molecule has 1 amide bonds. The number of nitro groups is 1. The van der Waals surface area contributed by atoms with Gasteiger partial charge in [0.25, 0.3) is 11.6 Å². The van der Waals surface area contributed by atoms with Crippen LogP contribution < -0.4 is 14.8 Å². The Balaban J connectivity index is 2.20. The van der Waals surface area contributed by atoms with Crippen molar-refractivity contribution in [2.45, 2.75) is 26.9 Å². The zero-order chi connectivity index (χ0) is 23.1. The lowest BCUT2D eigenvalue weighted by Crippen LogP contribution is -2.22. The molecule has 0 atom stereocenters. The highest BCUT2D eigenvalue weighted by molar-refractivity contribution is 5.98. The van der Waals surface area contributed by atoms with Gasteiger partial charge in [0.2, 0.25) is 0 Å². The van der Waals surface area contributed by atoms with E-state index in [4.69, 9.17) is 9.47 Å². The highest BCUT2D eigenvalue weighted by Gasteiger charge is 2.27. The van der Waals surface area contributed by atoms with E-state index in [-0.39, 0.29) is 5.75 Å². The van der Waals surface area contributed by atoms with Crippen LogP contribution in [0.4, 0.5) is 20.2 Å². The summed E-state index contributed by atoms with van der Waals surface area (Å²) < 4.78 is 38.9. The Kier molecular flexibility index (Phi) is 7.83. The summed E-state index contributed by atoms with van der Waals surface area (Å²) in [6, 6.07) is 6.96. The topological polar surface area (TPSA) is 117 Å². The number of rotatable bonds is 9. The van der Waals surface area contributed by atoms with Crippen LogP contribution in [0.3, 0.4) is 0 Å². The summed E-state index contributed by atoms with van der Waals surface area (Å²) in [5.74, 6) is -2.81. The fourth-order valence-electron chi connectivity index (χ4n) is 2.80. The summed E-state index contributed by atoms with van der Waals surface area (Å²) in [5.41, 5.74) is 0.867. The Morgan fingerprint density at radius 1 is 1.23 bits per heavy atom. The zero-order valence-corrected chi connectivity index (χ0v) is 16.9. The van der Waals surface area contributed by atoms with E-state index >= 15 is 0 Å². The lowest BCUT2D eigenvalue weighted by molar-refractivity contribution is -0.385. The van der Waals surface area contributed by atoms with Gasteiger partial charge >= 0.3 is 12.6 Å². The fourth-order valence-corrected chi connectivity index (χ4v) is 2.80. The van der Waals surface area contributed by atoms with Crippen molar-refractivity contribution in [2.75, 3.05) is 19.0 Å². The number of amides is 1. The summed E-state index contributed by atoms with van der Waals surface area (Å²) in [4.78, 5) is 34.9. The number of methoxy groups -OCH3 is 1. The molecule has 2 aromatic rings. The van der Waals surface area contributed by atoms with E-state index in [1.165, 1.54) is 0 Å². The second kappa shape index (κ2) is 10.3. The van der Waals surface area contributed by atoms with Gasteiger partial charge in [0, 0.05) is 11.8 Å². The molecular formula is C20H20F2N2O7. The van der Waals surface area contributed by atoms with Gasteiger partial charge in [0.15, 0.2) is 18.1 Å². The molecule has 0 unspecified atom stereocenters. The first kappa shape index (κ1) is 23.5. The maximum atomic E-state index is 12.5. The minimum Gasteiger partial charge on any atom is -0.493 e. The maximum Gasteiger partial charge on any atom is 0.387 e. The average Bonchev–Trinajstić information content (AvgIpc) is 2.72. The number of nitrogens with zero attached hydrogens (tertiary/aromatic N) is 1. The number of ether oxygens (including phenoxy) is 3. The summed E-state index contributed by atoms with van der Waals surface area (Å²) in [6.07, 6.45) is 0.663. The molecule has 166 valence electrons. The molecule has 1 N–H and O–H groups in total. The van der Waals surface area contributed by atoms with Crippen LogP contribution in [0.15, 0.2) is 30.3 Å². The van der Waals surface area contributed by atoms with Crippen LogP contribution in [-0.2, 0) is 16.0 Å². The van der Waals surface area contributed by atoms with Crippen LogP contribution in [-0.4, -0.2) is 37.1 Å². The molecule has 0 aromatic heterocycles. The van der Waals surface area contributed by atoms with E-state index in [0.29, 0.717) is 18.2 Å². The van der Waals surface area contributed by atoms with Crippen LogP contribution in [0.25, 0.3) is 0 Å². The van der Waals surface area contributed by atoms with Gasteiger partial charge in [-0.25, -0.2) is 4.79 Å². The first-order valence-corrected chi connectivity index (χ1v) is 9.04. The quantitative estimate of drug-likeness (QED) is 0.359. The molecule has 0 radical (unpaired) electrons. The molecule has 0 heterocycles. The van der Waals surface area contributed by atoms with Crippen molar-refractivity contribution >= 4 is 23.3 Å². The largest absolute Gasteiger partial charge is 0.493 e. The lowest BCUT2D eigenvalue weighted by Gasteiger charge is -2.14. The van der Waals surface area contributed by atoms with Crippen molar-refractivity contribution in [2.24, 2.45) is 0 Å². The van der Waals surface area contributed by atoms with Crippen LogP contribution >= 0.6 is 0 Å². The van der Waals surface area contributed by atoms with E-state index in [2.05, 4.69) is 10.1 Å². The number of carbonyl (C=O) groups excluding carboxylic acids is 2. The van der Waals surface area contributed by atoms with Gasteiger partial charge in [-0.2, -0.15) is 8.78 Å². The number of alkyl halides is 2. The van der Waals surface area contributed by atoms with Gasteiger partial charge in [-0.15, -0.1) is 0 Å². The second-order valence-electron chi connectivity index (χ2n) is 6.24. The van der Waals surface area contributed by atoms with E-state index in [1.54, 1.807) is 13.0 Å². The van der Waals surface area contributed by atoms with Crippen molar-refractivity contribution in [3.05, 3.63) is 57.1 Å². The van der Waals surface area contributed by atoms with E-state index in [0.717, 1.165) is 24.3 Å². The van der Waals surface area contributed by atoms with Crippen LogP contribution in [0.2, 0.25) is 0 Å². The number of nitro benzene ring substituents is 1. The second-order valence-corrected chi connectivity index (χ2v) is 6.24. The van der Waals surface area contributed by atoms with Gasteiger partial charge in [-0.05, 0) is 24.5 Å². The Labute approximate surface area is 176 Å². The molecule has 31 heavy (non-hydrogen) atoms. The molecule has 0 aliphatic carbocycles. The summed E-state index contributed by atoms with van der Waals surface area (Å²) in [7, 11) is 1.11. The Bertz CT molecular complexity index is 996. The number of esters is 1. The Morgan fingerprint density at radius 3 is 2.52 bits per heavy atom. The highest BCUT2D eigenvalue weighted by atomic mass is 19.3. The number of halogens is 2. The van der Waals surface area contributed by atoms with Crippen molar-refractivity contribution in [3.63, 3.8) is 0 Å². The van der Waals surface area contributed by atoms with Crippen molar-refractivity contribution in [3.8, 4) is 11.5 Å². The minimum absolute atomic E-state index is 0.338. The van der Waals surface area contributed by atoms with E-state index in [1.807, 2.05) is 19.1 Å². The highest BCUT2D eigenvalue weighted by Crippen LogP contribution is 2.36. The number of benzene rings is 2. The van der Waals surface area contributed by atoms with E-state index < -0.39 is 47.0 Å². The minimum atomic E-state index is -3.26. The van der Waals surface area contributed by atoms with Gasteiger partial charge in [0.05, 0.1) is 18.1 Å². The van der Waals surface area contributed by atoms with Crippen LogP contribution in [0.5, 0.6) is 11.5 Å². The van der Waals surface area contributed by atoms with Crippen molar-refractivity contribution < 1.29 is 37.5 Å². The third kappa shape index (κ3) is 5.87. The van der Waals surface area contributed by atoms with Crippen molar-refractivity contribution in [1.82, 2.24) is 0 Å². The van der Waals surface area contributed by atoms with Crippen LogP contribution in [0.1, 0.15) is 28.4 Å². The third-order valence-corrected chi connectivity index (χ3v) is 4.25. The van der Waals surface area contributed by atoms with Gasteiger partial charge in [-0.3, -0.25) is 14.9 Å². The van der Waals surface area contributed by atoms with Crippen molar-refractivity contribution in [1.29, 1.82) is 0 Å². The SMILES string of the molecule is CCc1cccc(C)c1NC(=O)COC(=O)c1cc(OC)c(OC(F)F)cc1[N+](=O)[O-]. The maximum absolute atomic E-state index is 12.5. The molecule has 0 saturated carbocycles. The zero-order valence-electron chi connectivity index (χ0n) is 16.9. The fraction of sp³-hybridized carbons (Fsp3) is 0.300. The molecule has 0 bridgehead atoms. The number of aryl methyl sites for hydroxylation is 2. The molecule has 0 fully saturated rings. The first-order valence-electron chi connectivity index (χ1n) is 9.04. The normalized spacial score (nSPS) is 10.5. The number of para-hydroxylation sites is 1. The number of hydrogen-bond donors (Lipinski definition) is 1. The predicted molar refractivity (Wildman–Crippen MR) is 106 cm³/mol. The molecule has 0 saturated heterocycles. The molecule has 11 heteroatoms. The summed E-state index contributed by atoms with van der Waals surface area (Å²) >= 11 is 0. The van der Waals surface area contributed by atoms with Crippen LogP contribution in [0, 0.1) is 17.0 Å². The molecule has 0 aliphatic rings. The third-order valence-electron chi connectivity index (χ3n) is 4.25. The Morgan fingerprint density at radius 2 is 1.94 bits per heavy atom. The number of carbonyl (C=O) groups is 2. The number of hydrogen-bond acceptors (Lipinski definition) is 7. The first-order chi connectivity index (χ1) is 14.7. The molecule has 0 aliphatic heterocycles. The summed E-state index contributed by atoms with van der Waals surface area (Å²) in [5, 5.41) is 13.9. The summed E-state index contributed by atoms with van der Waals surface area (Å²) in [6.45, 7) is -0.257. The van der Waals surface area contributed by atoms with Gasteiger partial charge < -0.3 is 19.5 Å². The monoisotopic (exact) mass is 438 g/mol. The number of anilines is 1. The molecule has 9 nitrogen and oxygen atoms in total. The van der Waals surface area contributed by atoms with Gasteiger partial charge in [-0.1, -0.05) is 25.1 Å². The molecule has 2 aromatic carbocycles. The molecule has 2 rings (SSSR count).